The minimum absolute atomic E-state index is 0.0845. The second-order valence-corrected chi connectivity index (χ2v) is 3.49. The van der Waals surface area contributed by atoms with Crippen molar-refractivity contribution in [3.05, 3.63) is 53.2 Å². The third-order valence-electron chi connectivity index (χ3n) is 2.22. The highest BCUT2D eigenvalue weighted by atomic mass is 19.2. The van der Waals surface area contributed by atoms with Crippen LogP contribution in [0, 0.1) is 28.8 Å². The Labute approximate surface area is 100 Å². The molecule has 1 aromatic carbocycles. The largest absolute Gasteiger partial charge is 0.449 e. The second-order valence-electron chi connectivity index (χ2n) is 3.49. The summed E-state index contributed by atoms with van der Waals surface area (Å²) < 4.78 is 43.6. The lowest BCUT2D eigenvalue weighted by Crippen LogP contribution is -2.01. The summed E-state index contributed by atoms with van der Waals surface area (Å²) in [4.78, 5) is 0. The summed E-state index contributed by atoms with van der Waals surface area (Å²) >= 11 is 0. The normalized spacial score (nSPS) is 10.1. The SMILES string of the molecule is N#Cc1ccc(CNc2cc(F)c(F)c(F)c2)o1. The fourth-order valence-corrected chi connectivity index (χ4v) is 1.38. The molecule has 0 atom stereocenters. The number of nitrogens with zero attached hydrogens (tertiary/aromatic N) is 1. The summed E-state index contributed by atoms with van der Waals surface area (Å²) in [6.07, 6.45) is 0. The maximum Gasteiger partial charge on any atom is 0.203 e. The highest BCUT2D eigenvalue weighted by molar-refractivity contribution is 5.44. The van der Waals surface area contributed by atoms with Crippen LogP contribution < -0.4 is 5.32 Å². The van der Waals surface area contributed by atoms with E-state index in [-0.39, 0.29) is 18.0 Å². The molecule has 0 aliphatic carbocycles. The Hall–Kier alpha value is -2.42. The van der Waals surface area contributed by atoms with Crippen molar-refractivity contribution in [1.82, 2.24) is 0 Å². The van der Waals surface area contributed by atoms with Gasteiger partial charge in [-0.05, 0) is 12.1 Å². The zero-order chi connectivity index (χ0) is 13.1. The van der Waals surface area contributed by atoms with Gasteiger partial charge in [0.2, 0.25) is 5.76 Å². The van der Waals surface area contributed by atoms with Gasteiger partial charge in [-0.3, -0.25) is 0 Å². The minimum Gasteiger partial charge on any atom is -0.449 e. The number of nitriles is 1. The Kier molecular flexibility index (Phi) is 3.24. The number of halogens is 3. The molecule has 0 fully saturated rings. The van der Waals surface area contributed by atoms with E-state index in [1.54, 1.807) is 6.07 Å². The summed E-state index contributed by atoms with van der Waals surface area (Å²) in [5.41, 5.74) is 0.0845. The third-order valence-corrected chi connectivity index (χ3v) is 2.22. The number of hydrogen-bond donors (Lipinski definition) is 1. The number of benzene rings is 1. The smallest absolute Gasteiger partial charge is 0.203 e. The van der Waals surface area contributed by atoms with Gasteiger partial charge in [0.15, 0.2) is 17.5 Å². The number of anilines is 1. The van der Waals surface area contributed by atoms with Crippen LogP contribution >= 0.6 is 0 Å². The topological polar surface area (TPSA) is 49.0 Å². The Morgan fingerprint density at radius 1 is 1.17 bits per heavy atom. The fourth-order valence-electron chi connectivity index (χ4n) is 1.38. The first-order valence-corrected chi connectivity index (χ1v) is 4.97. The molecule has 1 N–H and O–H groups in total. The Morgan fingerprint density at radius 2 is 1.83 bits per heavy atom. The molecular formula is C12H7F3N2O. The van der Waals surface area contributed by atoms with E-state index in [9.17, 15) is 13.2 Å². The first kappa shape index (κ1) is 12.0. The van der Waals surface area contributed by atoms with E-state index in [0.717, 1.165) is 12.1 Å². The van der Waals surface area contributed by atoms with E-state index in [1.165, 1.54) is 6.07 Å². The Morgan fingerprint density at radius 3 is 2.39 bits per heavy atom. The molecule has 18 heavy (non-hydrogen) atoms. The van der Waals surface area contributed by atoms with Crippen LogP contribution in [-0.4, -0.2) is 0 Å². The first-order chi connectivity index (χ1) is 8.60. The van der Waals surface area contributed by atoms with Crippen LogP contribution in [0.15, 0.2) is 28.7 Å². The lowest BCUT2D eigenvalue weighted by Gasteiger charge is -2.05. The van der Waals surface area contributed by atoms with Crippen molar-refractivity contribution in [1.29, 1.82) is 5.26 Å². The van der Waals surface area contributed by atoms with Crippen molar-refractivity contribution in [2.24, 2.45) is 0 Å². The average molecular weight is 252 g/mol. The summed E-state index contributed by atoms with van der Waals surface area (Å²) in [6, 6.07) is 6.52. The first-order valence-electron chi connectivity index (χ1n) is 4.97. The van der Waals surface area contributed by atoms with Gasteiger partial charge in [0.25, 0.3) is 0 Å². The van der Waals surface area contributed by atoms with Gasteiger partial charge >= 0.3 is 0 Å². The predicted octanol–water partition coefficient (Wildman–Crippen LogP) is 3.18. The van der Waals surface area contributed by atoms with E-state index in [4.69, 9.17) is 9.68 Å². The van der Waals surface area contributed by atoms with Gasteiger partial charge in [0.05, 0.1) is 6.54 Å². The van der Waals surface area contributed by atoms with Crippen molar-refractivity contribution in [2.45, 2.75) is 6.54 Å². The Bertz CT molecular complexity index is 593. The van der Waals surface area contributed by atoms with Crippen LogP contribution in [0.4, 0.5) is 18.9 Å². The maximum absolute atomic E-state index is 12.9. The molecule has 0 saturated carbocycles. The van der Waals surface area contributed by atoms with Crippen LogP contribution in [0.1, 0.15) is 11.5 Å². The number of furan rings is 1. The third kappa shape index (κ3) is 2.46. The van der Waals surface area contributed by atoms with E-state index < -0.39 is 17.5 Å². The molecule has 3 nitrogen and oxygen atoms in total. The molecule has 0 spiro atoms. The molecule has 6 heteroatoms. The quantitative estimate of drug-likeness (QED) is 0.853. The minimum atomic E-state index is -1.51. The van der Waals surface area contributed by atoms with Gasteiger partial charge in [-0.25, -0.2) is 13.2 Å². The van der Waals surface area contributed by atoms with E-state index in [1.807, 2.05) is 6.07 Å². The molecule has 0 saturated heterocycles. The lowest BCUT2D eigenvalue weighted by atomic mass is 10.3. The lowest BCUT2D eigenvalue weighted by molar-refractivity contribution is 0.447. The number of nitrogens with one attached hydrogen (secondary N) is 1. The predicted molar refractivity (Wildman–Crippen MR) is 57.1 cm³/mol. The molecule has 0 aliphatic rings. The van der Waals surface area contributed by atoms with Crippen LogP contribution in [0.2, 0.25) is 0 Å². The Balaban J connectivity index is 2.09. The molecule has 0 amide bonds. The van der Waals surface area contributed by atoms with Crippen molar-refractivity contribution in [3.8, 4) is 6.07 Å². The van der Waals surface area contributed by atoms with E-state index in [0.29, 0.717) is 5.76 Å². The number of rotatable bonds is 3. The van der Waals surface area contributed by atoms with Crippen LogP contribution in [0.3, 0.4) is 0 Å². The van der Waals surface area contributed by atoms with Gasteiger partial charge in [0, 0.05) is 17.8 Å². The second kappa shape index (κ2) is 4.84. The highest BCUT2D eigenvalue weighted by Crippen LogP contribution is 2.18. The zero-order valence-electron chi connectivity index (χ0n) is 9.01. The van der Waals surface area contributed by atoms with Gasteiger partial charge in [-0.15, -0.1) is 0 Å². The van der Waals surface area contributed by atoms with E-state index >= 15 is 0 Å². The van der Waals surface area contributed by atoms with Gasteiger partial charge in [0.1, 0.15) is 11.8 Å². The summed E-state index contributed by atoms with van der Waals surface area (Å²) in [5.74, 6) is -3.48. The molecule has 0 aliphatic heterocycles. The van der Waals surface area contributed by atoms with Gasteiger partial charge < -0.3 is 9.73 Å². The molecule has 92 valence electrons. The standard InChI is InChI=1S/C12H7F3N2O/c13-10-3-7(4-11(14)12(10)15)17-6-9-2-1-8(5-16)18-9/h1-4,17H,6H2. The van der Waals surface area contributed by atoms with Crippen molar-refractivity contribution in [2.75, 3.05) is 5.32 Å². The molecule has 2 rings (SSSR count). The molecule has 0 unspecified atom stereocenters. The molecular weight excluding hydrogens is 245 g/mol. The van der Waals surface area contributed by atoms with Gasteiger partial charge in [-0.2, -0.15) is 5.26 Å². The van der Waals surface area contributed by atoms with Crippen LogP contribution in [-0.2, 0) is 6.54 Å². The molecule has 0 radical (unpaired) electrons. The monoisotopic (exact) mass is 252 g/mol. The summed E-state index contributed by atoms with van der Waals surface area (Å²) in [6.45, 7) is 0.131. The average Bonchev–Trinajstić information content (AvgIpc) is 2.81. The molecule has 2 aromatic rings. The molecule has 0 bridgehead atoms. The summed E-state index contributed by atoms with van der Waals surface area (Å²) in [7, 11) is 0. The van der Waals surface area contributed by atoms with Crippen LogP contribution in [0.25, 0.3) is 0 Å². The molecule has 1 heterocycles. The summed E-state index contributed by atoms with van der Waals surface area (Å²) in [5, 5.41) is 11.2. The highest BCUT2D eigenvalue weighted by Gasteiger charge is 2.10. The van der Waals surface area contributed by atoms with E-state index in [2.05, 4.69) is 5.32 Å². The van der Waals surface area contributed by atoms with Crippen LogP contribution in [0.5, 0.6) is 0 Å². The molecule has 1 aromatic heterocycles. The zero-order valence-corrected chi connectivity index (χ0v) is 9.01. The maximum atomic E-state index is 12.9. The van der Waals surface area contributed by atoms with Gasteiger partial charge in [-0.1, -0.05) is 0 Å². The van der Waals surface area contributed by atoms with Crippen molar-refractivity contribution < 1.29 is 17.6 Å². The number of hydrogen-bond acceptors (Lipinski definition) is 3. The van der Waals surface area contributed by atoms with Crippen molar-refractivity contribution in [3.63, 3.8) is 0 Å². The fraction of sp³-hybridized carbons (Fsp3) is 0.0833. The van der Waals surface area contributed by atoms with Crippen molar-refractivity contribution >= 4 is 5.69 Å².